The number of carbonyl (C=O) groups is 2. The molecule has 0 aromatic heterocycles. The molecule has 0 spiro atoms. The van der Waals surface area contributed by atoms with Gasteiger partial charge in [0.1, 0.15) is 17.2 Å². The average Bonchev–Trinajstić information content (AvgIpc) is 2.57. The predicted octanol–water partition coefficient (Wildman–Crippen LogP) is 3.02. The van der Waals surface area contributed by atoms with Gasteiger partial charge in [0.25, 0.3) is 0 Å². The molecule has 7 heteroatoms. The van der Waals surface area contributed by atoms with Crippen molar-refractivity contribution in [2.75, 3.05) is 21.3 Å². The second-order valence-electron chi connectivity index (χ2n) is 6.00. The van der Waals surface area contributed by atoms with E-state index in [1.807, 2.05) is 13.8 Å². The summed E-state index contributed by atoms with van der Waals surface area (Å²) in [7, 11) is 4.68. The number of carbonyl (C=O) groups excluding carboxylic acids is 2. The Hall–Kier alpha value is -1.89. The van der Waals surface area contributed by atoms with Crippen LogP contribution in [0.15, 0.2) is 12.1 Å². The zero-order valence-electron chi connectivity index (χ0n) is 15.7. The first-order valence-electron chi connectivity index (χ1n) is 8.04. The van der Waals surface area contributed by atoms with Gasteiger partial charge in [0.2, 0.25) is 11.0 Å². The van der Waals surface area contributed by atoms with E-state index < -0.39 is 6.04 Å². The molecule has 0 aliphatic rings. The third-order valence-corrected chi connectivity index (χ3v) is 4.55. The highest BCUT2D eigenvalue weighted by Gasteiger charge is 2.23. The summed E-state index contributed by atoms with van der Waals surface area (Å²) < 4.78 is 16.0. The Morgan fingerprint density at radius 3 is 2.04 bits per heavy atom. The van der Waals surface area contributed by atoms with Crippen molar-refractivity contribution in [1.29, 1.82) is 0 Å². The summed E-state index contributed by atoms with van der Waals surface area (Å²) in [5.41, 5.74) is 0.773. The molecule has 1 rings (SSSR count). The highest BCUT2D eigenvalue weighted by molar-refractivity contribution is 8.13. The van der Waals surface area contributed by atoms with Crippen molar-refractivity contribution in [2.24, 2.45) is 5.92 Å². The van der Waals surface area contributed by atoms with Crippen molar-refractivity contribution in [2.45, 2.75) is 39.0 Å². The highest BCUT2D eigenvalue weighted by Crippen LogP contribution is 2.37. The second kappa shape index (κ2) is 10.2. The molecule has 0 aliphatic heterocycles. The van der Waals surface area contributed by atoms with Crippen LogP contribution in [0.3, 0.4) is 0 Å². The van der Waals surface area contributed by atoms with Crippen LogP contribution in [0.4, 0.5) is 0 Å². The smallest absolute Gasteiger partial charge is 0.217 e. The van der Waals surface area contributed by atoms with Crippen LogP contribution >= 0.6 is 11.8 Å². The van der Waals surface area contributed by atoms with Crippen LogP contribution in [-0.2, 0) is 15.3 Å². The molecule has 6 nitrogen and oxygen atoms in total. The van der Waals surface area contributed by atoms with Crippen LogP contribution in [0, 0.1) is 5.92 Å². The van der Waals surface area contributed by atoms with E-state index in [0.29, 0.717) is 35.3 Å². The van der Waals surface area contributed by atoms with E-state index in [9.17, 15) is 9.59 Å². The Morgan fingerprint density at radius 2 is 1.64 bits per heavy atom. The van der Waals surface area contributed by atoms with E-state index in [1.165, 1.54) is 6.92 Å². The fraction of sp³-hybridized carbons (Fsp3) is 0.556. The number of nitrogens with one attached hydrogen (secondary N) is 1. The summed E-state index contributed by atoms with van der Waals surface area (Å²) in [6.07, 6.45) is 0.599. The Morgan fingerprint density at radius 1 is 1.08 bits per heavy atom. The average molecular weight is 369 g/mol. The molecule has 140 valence electrons. The number of hydrogen-bond acceptors (Lipinski definition) is 6. The van der Waals surface area contributed by atoms with Crippen LogP contribution in [0.1, 0.15) is 32.8 Å². The highest BCUT2D eigenvalue weighted by atomic mass is 32.2. The van der Waals surface area contributed by atoms with E-state index in [4.69, 9.17) is 14.2 Å². The van der Waals surface area contributed by atoms with E-state index in [0.717, 1.165) is 17.3 Å². The largest absolute Gasteiger partial charge is 0.496 e. The lowest BCUT2D eigenvalue weighted by atomic mass is 10.0. The Kier molecular flexibility index (Phi) is 8.61. The van der Waals surface area contributed by atoms with Crippen molar-refractivity contribution in [3.05, 3.63) is 17.7 Å². The van der Waals surface area contributed by atoms with Gasteiger partial charge in [-0.1, -0.05) is 25.6 Å². The predicted molar refractivity (Wildman–Crippen MR) is 99.5 cm³/mol. The number of hydrogen-bond donors (Lipinski definition) is 1. The minimum Gasteiger partial charge on any atom is -0.496 e. The van der Waals surface area contributed by atoms with Gasteiger partial charge < -0.3 is 19.5 Å². The molecule has 0 unspecified atom stereocenters. The van der Waals surface area contributed by atoms with Crippen LogP contribution in [0.2, 0.25) is 0 Å². The SMILES string of the molecule is COc1cc(OC)c(CSC(=O)[C@H](CC(C)C)NC(C)=O)c(OC)c1. The third kappa shape index (κ3) is 6.49. The van der Waals surface area contributed by atoms with Gasteiger partial charge in [-0.2, -0.15) is 0 Å². The van der Waals surface area contributed by atoms with Crippen molar-refractivity contribution in [3.8, 4) is 17.2 Å². The topological polar surface area (TPSA) is 73.9 Å². The summed E-state index contributed by atoms with van der Waals surface area (Å²) in [5.74, 6) is 2.27. The molecular formula is C18H27NO5S. The maximum absolute atomic E-state index is 12.6. The van der Waals surface area contributed by atoms with Gasteiger partial charge in [-0.25, -0.2) is 0 Å². The molecule has 0 saturated heterocycles. The molecule has 25 heavy (non-hydrogen) atoms. The van der Waals surface area contributed by atoms with Gasteiger partial charge in [0.05, 0.1) is 27.4 Å². The lowest BCUT2D eigenvalue weighted by molar-refractivity contribution is -0.123. The minimum atomic E-state index is -0.502. The minimum absolute atomic E-state index is 0.0798. The molecular weight excluding hydrogens is 342 g/mol. The number of rotatable bonds is 9. The van der Waals surface area contributed by atoms with Crippen LogP contribution in [0.5, 0.6) is 17.2 Å². The van der Waals surface area contributed by atoms with Gasteiger partial charge in [-0.15, -0.1) is 0 Å². The summed E-state index contributed by atoms with van der Waals surface area (Å²) in [6, 6.07) is 3.00. The van der Waals surface area contributed by atoms with Crippen LogP contribution in [-0.4, -0.2) is 38.4 Å². The van der Waals surface area contributed by atoms with Crippen LogP contribution < -0.4 is 19.5 Å². The molecule has 0 radical (unpaired) electrons. The van der Waals surface area contributed by atoms with E-state index in [-0.39, 0.29) is 11.0 Å². The first kappa shape index (κ1) is 21.2. The van der Waals surface area contributed by atoms with Crippen molar-refractivity contribution >= 4 is 22.8 Å². The van der Waals surface area contributed by atoms with Gasteiger partial charge >= 0.3 is 0 Å². The number of methoxy groups -OCH3 is 3. The molecule has 1 atom stereocenters. The van der Waals surface area contributed by atoms with E-state index in [1.54, 1.807) is 33.5 Å². The Labute approximate surface area is 153 Å². The zero-order chi connectivity index (χ0) is 19.0. The number of ether oxygens (including phenoxy) is 3. The quantitative estimate of drug-likeness (QED) is 0.721. The summed E-state index contributed by atoms with van der Waals surface area (Å²) in [6.45, 7) is 5.45. The van der Waals surface area contributed by atoms with Crippen molar-refractivity contribution in [1.82, 2.24) is 5.32 Å². The molecule has 0 aliphatic carbocycles. The molecule has 1 N–H and O–H groups in total. The molecule has 1 aromatic rings. The molecule has 0 bridgehead atoms. The first-order chi connectivity index (χ1) is 11.8. The van der Waals surface area contributed by atoms with Crippen molar-refractivity contribution < 1.29 is 23.8 Å². The van der Waals surface area contributed by atoms with Gasteiger partial charge in [-0.05, 0) is 12.3 Å². The Bertz CT molecular complexity index is 578. The standard InChI is InChI=1S/C18H27NO5S/c1-11(2)7-15(19-12(3)20)18(21)25-10-14-16(23-5)8-13(22-4)9-17(14)24-6/h8-9,11,15H,7,10H2,1-6H3,(H,19,20)/t15-/m0/s1. The van der Waals surface area contributed by atoms with E-state index in [2.05, 4.69) is 5.32 Å². The summed E-state index contributed by atoms with van der Waals surface area (Å²) in [4.78, 5) is 23.9. The lowest BCUT2D eigenvalue weighted by Gasteiger charge is -2.19. The molecule has 0 fully saturated rings. The second-order valence-corrected chi connectivity index (χ2v) is 6.98. The monoisotopic (exact) mass is 369 g/mol. The van der Waals surface area contributed by atoms with Gasteiger partial charge in [0, 0.05) is 30.4 Å². The van der Waals surface area contributed by atoms with Crippen molar-refractivity contribution in [3.63, 3.8) is 0 Å². The van der Waals surface area contributed by atoms with Gasteiger partial charge in [0.15, 0.2) is 0 Å². The number of benzene rings is 1. The van der Waals surface area contributed by atoms with Gasteiger partial charge in [-0.3, -0.25) is 9.59 Å². The van der Waals surface area contributed by atoms with Crippen LogP contribution in [0.25, 0.3) is 0 Å². The number of thioether (sulfide) groups is 1. The normalized spacial score (nSPS) is 11.8. The molecule has 0 heterocycles. The fourth-order valence-electron chi connectivity index (χ4n) is 2.39. The summed E-state index contributed by atoms with van der Waals surface area (Å²) >= 11 is 1.14. The first-order valence-corrected chi connectivity index (χ1v) is 9.03. The lowest BCUT2D eigenvalue weighted by Crippen LogP contribution is -2.39. The third-order valence-electron chi connectivity index (χ3n) is 3.54. The zero-order valence-corrected chi connectivity index (χ0v) is 16.5. The fourth-order valence-corrected chi connectivity index (χ4v) is 3.32. The Balaban J connectivity index is 2.94. The summed E-state index contributed by atoms with van der Waals surface area (Å²) in [5, 5.41) is 2.65. The molecule has 1 aromatic carbocycles. The maximum atomic E-state index is 12.6. The maximum Gasteiger partial charge on any atom is 0.217 e. The number of amides is 1. The molecule has 1 amide bonds. The van der Waals surface area contributed by atoms with E-state index >= 15 is 0 Å². The molecule has 0 saturated carbocycles.